The summed E-state index contributed by atoms with van der Waals surface area (Å²) in [5, 5.41) is 9.69. The Bertz CT molecular complexity index is 874. The highest BCUT2D eigenvalue weighted by Gasteiger charge is 2.37. The summed E-state index contributed by atoms with van der Waals surface area (Å²) in [4.78, 5) is 40.5. The molecule has 8 nitrogen and oxygen atoms in total. The average Bonchev–Trinajstić information content (AvgIpc) is 3.20. The van der Waals surface area contributed by atoms with Crippen LogP contribution in [-0.4, -0.2) is 56.0 Å². The molecule has 1 aliphatic carbocycles. The number of pyridine rings is 1. The minimum absolute atomic E-state index is 0.201. The fourth-order valence-electron chi connectivity index (χ4n) is 4.31. The van der Waals surface area contributed by atoms with Gasteiger partial charge in [-0.1, -0.05) is 19.3 Å². The van der Waals surface area contributed by atoms with Gasteiger partial charge in [0.25, 0.3) is 5.91 Å². The summed E-state index contributed by atoms with van der Waals surface area (Å²) in [6.07, 6.45) is 9.21. The fourth-order valence-corrected chi connectivity index (χ4v) is 4.31. The number of carboxylic acid groups (broad SMARTS) is 1. The Morgan fingerprint density at radius 1 is 1.25 bits per heavy atom. The maximum atomic E-state index is 13.4. The predicted octanol–water partition coefficient (Wildman–Crippen LogP) is 2.23. The van der Waals surface area contributed by atoms with Crippen molar-refractivity contribution in [3.63, 3.8) is 0 Å². The van der Waals surface area contributed by atoms with E-state index in [1.54, 1.807) is 24.7 Å². The number of rotatable bonds is 4. The lowest BCUT2D eigenvalue weighted by atomic mass is 9.94. The van der Waals surface area contributed by atoms with Gasteiger partial charge in [0.15, 0.2) is 0 Å². The molecule has 1 fully saturated rings. The average molecular weight is 383 g/mol. The third kappa shape index (κ3) is 3.34. The minimum Gasteiger partial charge on any atom is -0.480 e. The zero-order chi connectivity index (χ0) is 19.7. The van der Waals surface area contributed by atoms with Gasteiger partial charge >= 0.3 is 5.97 Å². The first-order chi connectivity index (χ1) is 13.6. The first-order valence-electron chi connectivity index (χ1n) is 9.79. The van der Waals surface area contributed by atoms with E-state index in [-0.39, 0.29) is 18.9 Å². The number of carbonyl (C=O) groups excluding carboxylic acids is 1. The quantitative estimate of drug-likeness (QED) is 0.839. The summed E-state index contributed by atoms with van der Waals surface area (Å²) in [5.74, 6) is -0.703. The first kappa shape index (κ1) is 18.5. The maximum Gasteiger partial charge on any atom is 0.326 e. The van der Waals surface area contributed by atoms with Gasteiger partial charge in [-0.05, 0) is 25.0 Å². The van der Waals surface area contributed by atoms with Crippen LogP contribution in [0.25, 0.3) is 0 Å². The number of carbonyl (C=O) groups is 2. The molecule has 28 heavy (non-hydrogen) atoms. The molecule has 148 valence electrons. The summed E-state index contributed by atoms with van der Waals surface area (Å²) >= 11 is 0. The molecule has 1 saturated carbocycles. The molecule has 0 unspecified atom stereocenters. The van der Waals surface area contributed by atoms with Crippen LogP contribution in [0.15, 0.2) is 24.7 Å². The number of aromatic nitrogens is 3. The van der Waals surface area contributed by atoms with Crippen molar-refractivity contribution in [1.29, 1.82) is 0 Å². The number of carboxylic acids is 1. The molecule has 2 aromatic rings. The molecule has 2 N–H and O–H groups in total. The second-order valence-electron chi connectivity index (χ2n) is 7.60. The van der Waals surface area contributed by atoms with Crippen LogP contribution in [-0.2, 0) is 17.8 Å². The van der Waals surface area contributed by atoms with Crippen molar-refractivity contribution in [3.05, 3.63) is 41.6 Å². The summed E-state index contributed by atoms with van der Waals surface area (Å²) in [5.41, 5.74) is 1.95. The molecule has 0 aromatic carbocycles. The van der Waals surface area contributed by atoms with Crippen LogP contribution in [0.5, 0.6) is 0 Å². The second kappa shape index (κ2) is 7.61. The Morgan fingerprint density at radius 3 is 2.79 bits per heavy atom. The van der Waals surface area contributed by atoms with Gasteiger partial charge in [0, 0.05) is 25.7 Å². The minimum atomic E-state index is -1.02. The Kier molecular flexibility index (Phi) is 5.02. The topological polar surface area (TPSA) is 102 Å². The van der Waals surface area contributed by atoms with Crippen molar-refractivity contribution in [1.82, 2.24) is 19.9 Å². The Hall–Kier alpha value is -2.90. The third-order valence-corrected chi connectivity index (χ3v) is 5.92. The largest absolute Gasteiger partial charge is 0.480 e. The van der Waals surface area contributed by atoms with Crippen molar-refractivity contribution in [2.75, 3.05) is 11.9 Å². The molecule has 4 rings (SSSR count). The van der Waals surface area contributed by atoms with E-state index in [0.29, 0.717) is 23.1 Å². The molecule has 3 heterocycles. The number of fused-ring (bicyclic) bond motifs is 1. The lowest BCUT2D eigenvalue weighted by molar-refractivity contribution is -0.142. The van der Waals surface area contributed by atoms with Gasteiger partial charge in [-0.3, -0.25) is 4.79 Å². The number of aliphatic carboxylic acids is 1. The number of amides is 1. The van der Waals surface area contributed by atoms with Gasteiger partial charge < -0.3 is 19.9 Å². The molecule has 2 aromatic heterocycles. The molecule has 0 radical (unpaired) electrons. The summed E-state index contributed by atoms with van der Waals surface area (Å²) < 4.78 is 0. The Balaban J connectivity index is 1.65. The molecule has 0 saturated heterocycles. The highest BCUT2D eigenvalue weighted by atomic mass is 16.4. The van der Waals surface area contributed by atoms with Gasteiger partial charge in [0.1, 0.15) is 11.9 Å². The third-order valence-electron chi connectivity index (χ3n) is 5.92. The van der Waals surface area contributed by atoms with Crippen LogP contribution in [0.3, 0.4) is 0 Å². The van der Waals surface area contributed by atoms with E-state index in [1.807, 2.05) is 7.05 Å². The molecule has 8 heteroatoms. The zero-order valence-corrected chi connectivity index (χ0v) is 16.0. The van der Waals surface area contributed by atoms with Crippen LogP contribution >= 0.6 is 0 Å². The lowest BCUT2D eigenvalue weighted by Crippen LogP contribution is -2.49. The molecule has 2 aliphatic rings. The van der Waals surface area contributed by atoms with Gasteiger partial charge in [0.05, 0.1) is 29.8 Å². The number of H-pyrrole nitrogens is 1. The van der Waals surface area contributed by atoms with Crippen LogP contribution in [0.4, 0.5) is 5.82 Å². The highest BCUT2D eigenvalue weighted by molar-refractivity contribution is 6.00. The van der Waals surface area contributed by atoms with E-state index in [4.69, 9.17) is 0 Å². The molecule has 0 spiro atoms. The standard InChI is InChI=1S/C20H25N5O3/c1-24(13-6-3-2-4-7-13)18-14(8-5-9-21-18)19(26)25-11-16-15(22-12-23-16)10-17(25)20(27)28/h5,8-9,12-13,17H,2-4,6-7,10-11H2,1H3,(H,22,23)(H,27,28)/t17-/m1/s1. The SMILES string of the molecule is CN(c1ncccc1C(=O)N1Cc2[nH]cnc2C[C@@H]1C(=O)O)C1CCCCC1. The van der Waals surface area contributed by atoms with Crippen molar-refractivity contribution < 1.29 is 14.7 Å². The van der Waals surface area contributed by atoms with E-state index < -0.39 is 12.0 Å². The predicted molar refractivity (Wildman–Crippen MR) is 103 cm³/mol. The van der Waals surface area contributed by atoms with E-state index in [9.17, 15) is 14.7 Å². The summed E-state index contributed by atoms with van der Waals surface area (Å²) in [6, 6.07) is 2.89. The van der Waals surface area contributed by atoms with Gasteiger partial charge in [-0.15, -0.1) is 0 Å². The normalized spacial score (nSPS) is 19.9. The van der Waals surface area contributed by atoms with E-state index in [2.05, 4.69) is 19.9 Å². The molecule has 0 bridgehead atoms. The summed E-state index contributed by atoms with van der Waals surface area (Å²) in [7, 11) is 1.98. The summed E-state index contributed by atoms with van der Waals surface area (Å²) in [6.45, 7) is 0.201. The number of hydrogen-bond acceptors (Lipinski definition) is 5. The van der Waals surface area contributed by atoms with Crippen LogP contribution in [0.1, 0.15) is 53.8 Å². The number of aromatic amines is 1. The lowest BCUT2D eigenvalue weighted by Gasteiger charge is -2.35. The van der Waals surface area contributed by atoms with Crippen molar-refractivity contribution in [2.24, 2.45) is 0 Å². The van der Waals surface area contributed by atoms with E-state index >= 15 is 0 Å². The van der Waals surface area contributed by atoms with Crippen molar-refractivity contribution >= 4 is 17.7 Å². The van der Waals surface area contributed by atoms with Crippen molar-refractivity contribution in [3.8, 4) is 0 Å². The van der Waals surface area contributed by atoms with Crippen LogP contribution in [0, 0.1) is 0 Å². The number of hydrogen-bond donors (Lipinski definition) is 2. The van der Waals surface area contributed by atoms with E-state index in [1.165, 1.54) is 24.2 Å². The smallest absolute Gasteiger partial charge is 0.326 e. The molecule has 1 amide bonds. The Morgan fingerprint density at radius 2 is 2.04 bits per heavy atom. The van der Waals surface area contributed by atoms with Crippen LogP contribution in [0.2, 0.25) is 0 Å². The van der Waals surface area contributed by atoms with Crippen LogP contribution < -0.4 is 4.90 Å². The number of imidazole rings is 1. The van der Waals surface area contributed by atoms with Gasteiger partial charge in [-0.2, -0.15) is 0 Å². The molecular formula is C20H25N5O3. The fraction of sp³-hybridized carbons (Fsp3) is 0.500. The van der Waals surface area contributed by atoms with Gasteiger partial charge in [-0.25, -0.2) is 14.8 Å². The van der Waals surface area contributed by atoms with Gasteiger partial charge in [0.2, 0.25) is 0 Å². The second-order valence-corrected chi connectivity index (χ2v) is 7.60. The number of nitrogens with one attached hydrogen (secondary N) is 1. The first-order valence-corrected chi connectivity index (χ1v) is 9.79. The number of anilines is 1. The molecule has 1 atom stereocenters. The maximum absolute atomic E-state index is 13.4. The van der Waals surface area contributed by atoms with E-state index in [0.717, 1.165) is 18.5 Å². The molecule has 1 aliphatic heterocycles. The Labute approximate surface area is 163 Å². The number of nitrogens with zero attached hydrogens (tertiary/aromatic N) is 4. The zero-order valence-electron chi connectivity index (χ0n) is 16.0. The molecular weight excluding hydrogens is 358 g/mol. The monoisotopic (exact) mass is 383 g/mol. The highest BCUT2D eigenvalue weighted by Crippen LogP contribution is 2.29. The van der Waals surface area contributed by atoms with Crippen molar-refractivity contribution in [2.45, 2.75) is 57.2 Å².